The van der Waals surface area contributed by atoms with E-state index < -0.39 is 0 Å². The third kappa shape index (κ3) is 8.22. The van der Waals surface area contributed by atoms with E-state index in [1.54, 1.807) is 19.2 Å². The third-order valence-corrected chi connectivity index (χ3v) is 6.94. The first-order valence-electron chi connectivity index (χ1n) is 11.7. The first-order chi connectivity index (χ1) is 16.5. The Morgan fingerprint density at radius 1 is 1.15 bits per heavy atom. The van der Waals surface area contributed by atoms with Crippen molar-refractivity contribution in [1.29, 1.82) is 0 Å². The van der Waals surface area contributed by atoms with Crippen molar-refractivity contribution in [3.63, 3.8) is 0 Å². The molecule has 0 saturated carbocycles. The van der Waals surface area contributed by atoms with E-state index in [4.69, 9.17) is 32.7 Å². The number of ether oxygens (including phenoxy) is 2. The van der Waals surface area contributed by atoms with Crippen molar-refractivity contribution in [2.75, 3.05) is 60.2 Å². The topological polar surface area (TPSA) is 54.0 Å². The molecule has 2 atom stereocenters. The van der Waals surface area contributed by atoms with Crippen molar-refractivity contribution in [2.24, 2.45) is 0 Å². The lowest BCUT2D eigenvalue weighted by Crippen LogP contribution is -2.41. The highest BCUT2D eigenvalue weighted by atomic mass is 35.5. The van der Waals surface area contributed by atoms with E-state index in [1.165, 1.54) is 0 Å². The van der Waals surface area contributed by atoms with Gasteiger partial charge in [-0.2, -0.15) is 0 Å². The lowest BCUT2D eigenvalue weighted by atomic mass is 10.0. The molecular weight excluding hydrogens is 473 g/mol. The number of halogens is 2. The van der Waals surface area contributed by atoms with Crippen LogP contribution in [0.5, 0.6) is 0 Å². The molecule has 2 aromatic carbocycles. The summed E-state index contributed by atoms with van der Waals surface area (Å²) >= 11 is 12.2. The van der Waals surface area contributed by atoms with Gasteiger partial charge in [0.25, 0.3) is 0 Å². The van der Waals surface area contributed by atoms with Crippen molar-refractivity contribution in [3.05, 3.63) is 69.7 Å². The maximum absolute atomic E-state index is 13.2. The van der Waals surface area contributed by atoms with Crippen LogP contribution in [0.4, 0.5) is 0 Å². The zero-order valence-electron chi connectivity index (χ0n) is 20.0. The van der Waals surface area contributed by atoms with Gasteiger partial charge in [-0.15, -0.1) is 0 Å². The maximum atomic E-state index is 13.2. The van der Waals surface area contributed by atoms with E-state index in [1.807, 2.05) is 36.2 Å². The Morgan fingerprint density at radius 2 is 1.94 bits per heavy atom. The fraction of sp³-hybridized carbons (Fsp3) is 0.500. The molecule has 0 aromatic heterocycles. The first-order valence-corrected chi connectivity index (χ1v) is 12.5. The van der Waals surface area contributed by atoms with E-state index in [0.29, 0.717) is 35.9 Å². The van der Waals surface area contributed by atoms with Crippen molar-refractivity contribution in [1.82, 2.24) is 15.1 Å². The summed E-state index contributed by atoms with van der Waals surface area (Å²) in [5.74, 6) is 0.0503. The van der Waals surface area contributed by atoms with Gasteiger partial charge in [0.15, 0.2) is 0 Å². The van der Waals surface area contributed by atoms with Gasteiger partial charge in [-0.05, 0) is 36.2 Å². The summed E-state index contributed by atoms with van der Waals surface area (Å²) in [5, 5.41) is 4.54. The summed E-state index contributed by atoms with van der Waals surface area (Å²) in [5.41, 5.74) is 1.99. The fourth-order valence-corrected chi connectivity index (χ4v) is 4.56. The molecule has 0 spiro atoms. The van der Waals surface area contributed by atoms with E-state index in [9.17, 15) is 4.79 Å². The predicted molar refractivity (Wildman–Crippen MR) is 138 cm³/mol. The zero-order valence-corrected chi connectivity index (χ0v) is 21.5. The number of likely N-dealkylation sites (tertiary alicyclic amines) is 1. The molecule has 1 N–H and O–H groups in total. The minimum Gasteiger partial charge on any atom is -0.382 e. The molecule has 8 heteroatoms. The van der Waals surface area contributed by atoms with Crippen molar-refractivity contribution >= 4 is 29.1 Å². The number of benzene rings is 2. The Labute approximate surface area is 213 Å². The quantitative estimate of drug-likeness (QED) is 0.414. The highest BCUT2D eigenvalue weighted by Crippen LogP contribution is 2.26. The molecule has 1 saturated heterocycles. The summed E-state index contributed by atoms with van der Waals surface area (Å²) in [6.07, 6.45) is 1.37. The van der Waals surface area contributed by atoms with Crippen LogP contribution >= 0.6 is 23.2 Å². The predicted octanol–water partition coefficient (Wildman–Crippen LogP) is 4.06. The highest BCUT2D eigenvalue weighted by molar-refractivity contribution is 6.42. The van der Waals surface area contributed by atoms with Crippen LogP contribution in [0.2, 0.25) is 10.0 Å². The monoisotopic (exact) mass is 507 g/mol. The molecule has 0 radical (unpaired) electrons. The number of nitrogens with one attached hydrogen (secondary N) is 1. The number of rotatable bonds is 13. The second-order valence-electron chi connectivity index (χ2n) is 8.66. The number of amides is 1. The second-order valence-corrected chi connectivity index (χ2v) is 9.48. The van der Waals surface area contributed by atoms with E-state index in [0.717, 1.165) is 43.7 Å². The van der Waals surface area contributed by atoms with E-state index >= 15 is 0 Å². The fourth-order valence-electron chi connectivity index (χ4n) is 4.24. The third-order valence-electron chi connectivity index (χ3n) is 6.20. The van der Waals surface area contributed by atoms with Crippen molar-refractivity contribution in [2.45, 2.75) is 24.9 Å². The van der Waals surface area contributed by atoms with Crippen LogP contribution < -0.4 is 5.32 Å². The molecule has 0 bridgehead atoms. The summed E-state index contributed by atoms with van der Waals surface area (Å²) in [6, 6.07) is 16.0. The Hall–Kier alpha value is -1.67. The number of carbonyl (C=O) groups is 1. The van der Waals surface area contributed by atoms with Crippen LogP contribution in [-0.4, -0.2) is 81.9 Å². The van der Waals surface area contributed by atoms with Gasteiger partial charge in [-0.1, -0.05) is 59.6 Å². The standard InChI is InChI=1S/C26H35Cl2N3O3/c1-30(26(32)17-20-8-9-23(27)24(28)16-20)25(21-6-4-3-5-7-21)19-31-12-10-22(18-31)29-11-13-34-15-14-33-2/h3-9,16,22,25,29H,10-15,17-19H2,1-2H3/t22-,25+/m0/s1. The van der Waals surface area contributed by atoms with Gasteiger partial charge in [0.1, 0.15) is 0 Å². The molecule has 1 aliphatic heterocycles. The zero-order chi connectivity index (χ0) is 24.3. The SMILES string of the molecule is COCCOCCN[C@H]1CCN(C[C@H](c2ccccc2)N(C)C(=O)Cc2ccc(Cl)c(Cl)c2)C1. The largest absolute Gasteiger partial charge is 0.382 e. The van der Waals surface area contributed by atoms with Gasteiger partial charge in [0, 0.05) is 39.8 Å². The van der Waals surface area contributed by atoms with Crippen LogP contribution in [0.15, 0.2) is 48.5 Å². The number of hydrogen-bond donors (Lipinski definition) is 1. The van der Waals surface area contributed by atoms with Crippen molar-refractivity contribution in [3.8, 4) is 0 Å². The molecule has 6 nitrogen and oxygen atoms in total. The molecule has 1 aliphatic rings. The highest BCUT2D eigenvalue weighted by Gasteiger charge is 2.28. The van der Waals surface area contributed by atoms with Gasteiger partial charge in [-0.3, -0.25) is 9.69 Å². The van der Waals surface area contributed by atoms with Crippen LogP contribution in [0.25, 0.3) is 0 Å². The smallest absolute Gasteiger partial charge is 0.227 e. The number of hydrogen-bond acceptors (Lipinski definition) is 5. The van der Waals surface area contributed by atoms with Gasteiger partial charge in [-0.25, -0.2) is 0 Å². The molecule has 1 heterocycles. The molecular formula is C26H35Cl2N3O3. The molecule has 1 fully saturated rings. The number of likely N-dealkylation sites (N-methyl/N-ethyl adjacent to an activating group) is 1. The maximum Gasteiger partial charge on any atom is 0.227 e. The molecule has 1 amide bonds. The van der Waals surface area contributed by atoms with Crippen molar-refractivity contribution < 1.29 is 14.3 Å². The van der Waals surface area contributed by atoms with E-state index in [2.05, 4.69) is 22.3 Å². The number of carbonyl (C=O) groups excluding carboxylic acids is 1. The first kappa shape index (κ1) is 26.9. The normalized spacial score (nSPS) is 17.1. The van der Waals surface area contributed by atoms with Gasteiger partial charge in [0.05, 0.1) is 42.3 Å². The summed E-state index contributed by atoms with van der Waals surface area (Å²) in [6.45, 7) is 5.49. The molecule has 2 aromatic rings. The van der Waals surface area contributed by atoms with E-state index in [-0.39, 0.29) is 18.4 Å². The van der Waals surface area contributed by atoms with Gasteiger partial charge in [0.2, 0.25) is 5.91 Å². The van der Waals surface area contributed by atoms with Crippen LogP contribution in [0.3, 0.4) is 0 Å². The number of nitrogens with zero attached hydrogens (tertiary/aromatic N) is 2. The molecule has 0 unspecified atom stereocenters. The summed E-state index contributed by atoms with van der Waals surface area (Å²) in [4.78, 5) is 17.5. The lowest BCUT2D eigenvalue weighted by Gasteiger charge is -2.32. The molecule has 34 heavy (non-hydrogen) atoms. The number of methoxy groups -OCH3 is 1. The molecule has 0 aliphatic carbocycles. The minimum absolute atomic E-state index is 0.0346. The Morgan fingerprint density at radius 3 is 2.68 bits per heavy atom. The molecule has 186 valence electrons. The average molecular weight is 508 g/mol. The minimum atomic E-state index is -0.0346. The average Bonchev–Trinajstić information content (AvgIpc) is 3.29. The summed E-state index contributed by atoms with van der Waals surface area (Å²) in [7, 11) is 3.57. The van der Waals surface area contributed by atoms with Gasteiger partial charge >= 0.3 is 0 Å². The second kappa shape index (κ2) is 14.0. The summed E-state index contributed by atoms with van der Waals surface area (Å²) < 4.78 is 10.5. The van der Waals surface area contributed by atoms with Crippen LogP contribution in [-0.2, 0) is 20.7 Å². The van der Waals surface area contributed by atoms with Crippen LogP contribution in [0.1, 0.15) is 23.6 Å². The Bertz CT molecular complexity index is 900. The Balaban J connectivity index is 1.57. The lowest BCUT2D eigenvalue weighted by molar-refractivity contribution is -0.131. The van der Waals surface area contributed by atoms with Gasteiger partial charge < -0.3 is 19.7 Å². The molecule has 3 rings (SSSR count). The Kier molecular flexibility index (Phi) is 11.1. The van der Waals surface area contributed by atoms with Crippen LogP contribution in [0, 0.1) is 0 Å².